The molecule has 0 saturated carbocycles. The molecule has 0 heterocycles. The van der Waals surface area contributed by atoms with E-state index in [1.54, 1.807) is 54.2 Å². The van der Waals surface area contributed by atoms with Gasteiger partial charge in [0, 0.05) is 23.0 Å². The molecule has 0 radical (unpaired) electrons. The quantitative estimate of drug-likeness (QED) is 0.470. The molecule has 0 saturated heterocycles. The monoisotopic (exact) mass is 493 g/mol. The minimum Gasteiger partial charge on any atom is -0.375 e. The molecule has 9 heteroatoms. The van der Waals surface area contributed by atoms with Crippen molar-refractivity contribution in [3.8, 4) is 0 Å². The summed E-state index contributed by atoms with van der Waals surface area (Å²) < 4.78 is 5.44. The zero-order chi connectivity index (χ0) is 21.9. The van der Waals surface area contributed by atoms with Crippen LogP contribution in [0.2, 0.25) is 0 Å². The maximum Gasteiger partial charge on any atom is 0.253 e. The smallest absolute Gasteiger partial charge is 0.253 e. The third-order valence-corrected chi connectivity index (χ3v) is 5.40. The van der Waals surface area contributed by atoms with Gasteiger partial charge < -0.3 is 20.7 Å². The Hall–Kier alpha value is -2.36. The lowest BCUT2D eigenvalue weighted by atomic mass is 10.1. The number of nitrogens with one attached hydrogen (secondary N) is 3. The van der Waals surface area contributed by atoms with Crippen molar-refractivity contribution in [2.75, 3.05) is 36.4 Å². The number of anilines is 2. The maximum atomic E-state index is 12.8. The highest BCUT2D eigenvalue weighted by Crippen LogP contribution is 2.17. The molecule has 160 valence electrons. The summed E-state index contributed by atoms with van der Waals surface area (Å²) in [5.74, 6) is -0.166. The summed E-state index contributed by atoms with van der Waals surface area (Å²) in [6, 6.07) is 13.1. The number of rotatable bonds is 10. The van der Waals surface area contributed by atoms with Gasteiger partial charge in [-0.05, 0) is 70.8 Å². The van der Waals surface area contributed by atoms with Crippen LogP contribution < -0.4 is 16.0 Å². The van der Waals surface area contributed by atoms with Crippen LogP contribution in [0.1, 0.15) is 16.8 Å². The Morgan fingerprint density at radius 2 is 1.67 bits per heavy atom. The van der Waals surface area contributed by atoms with Gasteiger partial charge in [-0.25, -0.2) is 0 Å². The van der Waals surface area contributed by atoms with Gasteiger partial charge in [0.1, 0.15) is 12.6 Å². The number of thioether (sulfide) groups is 1. The highest BCUT2D eigenvalue weighted by atomic mass is 79.9. The minimum atomic E-state index is -0.682. The number of amides is 3. The lowest BCUT2D eigenvalue weighted by Gasteiger charge is -2.19. The van der Waals surface area contributed by atoms with E-state index in [0.29, 0.717) is 27.8 Å². The van der Waals surface area contributed by atoms with E-state index in [0.717, 1.165) is 5.75 Å². The standard InChI is InChI=1S/C21H24BrN3O4S/c1-29-13-19(26)23-14-7-9-15(10-8-14)24-21(28)18(11-12-30-2)25-20(27)16-5-3-4-6-17(16)22/h3-10,18H,11-13H2,1-2H3,(H,23,26)(H,24,28)(H,25,27). The molecule has 0 aliphatic carbocycles. The van der Waals surface area contributed by atoms with Gasteiger partial charge in [0.05, 0.1) is 5.56 Å². The van der Waals surface area contributed by atoms with Crippen molar-refractivity contribution >= 4 is 56.8 Å². The number of ether oxygens (including phenoxy) is 1. The Kier molecular flexibility index (Phi) is 9.85. The number of carbonyl (C=O) groups excluding carboxylic acids is 3. The first-order valence-corrected chi connectivity index (χ1v) is 11.4. The Balaban J connectivity index is 2.03. The summed E-state index contributed by atoms with van der Waals surface area (Å²) in [6.45, 7) is -0.0349. The van der Waals surface area contributed by atoms with E-state index in [-0.39, 0.29) is 24.3 Å². The first-order valence-electron chi connectivity index (χ1n) is 9.18. The highest BCUT2D eigenvalue weighted by molar-refractivity contribution is 9.10. The van der Waals surface area contributed by atoms with E-state index in [2.05, 4.69) is 31.9 Å². The van der Waals surface area contributed by atoms with Crippen LogP contribution in [0.3, 0.4) is 0 Å². The van der Waals surface area contributed by atoms with Crippen LogP contribution >= 0.6 is 27.7 Å². The van der Waals surface area contributed by atoms with Gasteiger partial charge >= 0.3 is 0 Å². The van der Waals surface area contributed by atoms with Crippen LogP contribution in [-0.4, -0.2) is 49.5 Å². The fraction of sp³-hybridized carbons (Fsp3) is 0.286. The molecular formula is C21H24BrN3O4S. The van der Waals surface area contributed by atoms with Crippen molar-refractivity contribution in [2.45, 2.75) is 12.5 Å². The lowest BCUT2D eigenvalue weighted by Crippen LogP contribution is -2.44. The van der Waals surface area contributed by atoms with Crippen molar-refractivity contribution in [3.63, 3.8) is 0 Å². The van der Waals surface area contributed by atoms with Crippen molar-refractivity contribution in [1.29, 1.82) is 0 Å². The van der Waals surface area contributed by atoms with Crippen molar-refractivity contribution in [2.24, 2.45) is 0 Å². The van der Waals surface area contributed by atoms with Crippen LogP contribution in [0.15, 0.2) is 53.0 Å². The molecule has 2 aromatic carbocycles. The second kappa shape index (κ2) is 12.4. The average Bonchev–Trinajstić information content (AvgIpc) is 2.72. The molecule has 1 atom stereocenters. The van der Waals surface area contributed by atoms with E-state index in [9.17, 15) is 14.4 Å². The molecule has 1 unspecified atom stereocenters. The van der Waals surface area contributed by atoms with Gasteiger partial charge in [-0.3, -0.25) is 14.4 Å². The van der Waals surface area contributed by atoms with Gasteiger partial charge in [-0.1, -0.05) is 12.1 Å². The summed E-state index contributed by atoms with van der Waals surface area (Å²) in [5.41, 5.74) is 1.63. The normalized spacial score (nSPS) is 11.4. The average molecular weight is 494 g/mol. The number of carbonyl (C=O) groups is 3. The van der Waals surface area contributed by atoms with Gasteiger partial charge in [-0.15, -0.1) is 0 Å². The third kappa shape index (κ3) is 7.47. The zero-order valence-electron chi connectivity index (χ0n) is 16.7. The summed E-state index contributed by atoms with van der Waals surface area (Å²) in [7, 11) is 1.45. The Bertz CT molecular complexity index is 877. The largest absolute Gasteiger partial charge is 0.375 e. The summed E-state index contributed by atoms with van der Waals surface area (Å²) in [5, 5.41) is 8.31. The molecule has 0 aromatic heterocycles. The van der Waals surface area contributed by atoms with Gasteiger partial charge in [-0.2, -0.15) is 11.8 Å². The predicted molar refractivity (Wildman–Crippen MR) is 124 cm³/mol. The molecule has 2 rings (SSSR count). The first kappa shape index (κ1) is 23.9. The Morgan fingerprint density at radius 3 is 2.27 bits per heavy atom. The van der Waals surface area contributed by atoms with E-state index >= 15 is 0 Å². The Labute approximate surface area is 188 Å². The topological polar surface area (TPSA) is 96.5 Å². The van der Waals surface area contributed by atoms with Gasteiger partial charge in [0.25, 0.3) is 5.91 Å². The van der Waals surface area contributed by atoms with Crippen LogP contribution in [0.4, 0.5) is 11.4 Å². The third-order valence-electron chi connectivity index (χ3n) is 4.06. The minimum absolute atomic E-state index is 0.0349. The first-order chi connectivity index (χ1) is 14.4. The fourth-order valence-electron chi connectivity index (χ4n) is 2.58. The summed E-state index contributed by atoms with van der Waals surface area (Å²) >= 11 is 4.96. The van der Waals surface area contributed by atoms with Crippen LogP contribution in [0, 0.1) is 0 Å². The van der Waals surface area contributed by atoms with E-state index in [4.69, 9.17) is 4.74 Å². The van der Waals surface area contributed by atoms with Crippen LogP contribution in [0.5, 0.6) is 0 Å². The second-order valence-corrected chi connectivity index (χ2v) is 8.18. The maximum absolute atomic E-state index is 12.8. The molecule has 0 spiro atoms. The molecule has 0 bridgehead atoms. The number of hydrogen-bond donors (Lipinski definition) is 3. The molecule has 30 heavy (non-hydrogen) atoms. The van der Waals surface area contributed by atoms with Crippen LogP contribution in [-0.2, 0) is 14.3 Å². The fourth-order valence-corrected chi connectivity index (χ4v) is 3.52. The SMILES string of the molecule is COCC(=O)Nc1ccc(NC(=O)C(CCSC)NC(=O)c2ccccc2Br)cc1. The summed E-state index contributed by atoms with van der Waals surface area (Å²) in [6.07, 6.45) is 2.44. The predicted octanol–water partition coefficient (Wildman–Crippen LogP) is 3.52. The lowest BCUT2D eigenvalue weighted by molar-refractivity contribution is -0.119. The van der Waals surface area contributed by atoms with E-state index in [1.807, 2.05) is 12.3 Å². The molecular weight excluding hydrogens is 470 g/mol. The molecule has 0 aliphatic heterocycles. The zero-order valence-corrected chi connectivity index (χ0v) is 19.1. The number of methoxy groups -OCH3 is 1. The number of halogens is 1. The van der Waals surface area contributed by atoms with Crippen molar-refractivity contribution in [3.05, 3.63) is 58.6 Å². The van der Waals surface area contributed by atoms with Gasteiger partial charge in [0.15, 0.2) is 0 Å². The molecule has 2 aromatic rings. The van der Waals surface area contributed by atoms with Crippen molar-refractivity contribution in [1.82, 2.24) is 5.32 Å². The van der Waals surface area contributed by atoms with Crippen molar-refractivity contribution < 1.29 is 19.1 Å². The highest BCUT2D eigenvalue weighted by Gasteiger charge is 2.22. The second-order valence-electron chi connectivity index (χ2n) is 6.34. The summed E-state index contributed by atoms with van der Waals surface area (Å²) in [4.78, 5) is 37.0. The van der Waals surface area contributed by atoms with E-state index < -0.39 is 6.04 Å². The van der Waals surface area contributed by atoms with Gasteiger partial charge in [0.2, 0.25) is 11.8 Å². The molecule has 3 amide bonds. The molecule has 3 N–H and O–H groups in total. The Morgan fingerprint density at radius 1 is 1.03 bits per heavy atom. The molecule has 0 aliphatic rings. The molecule has 0 fully saturated rings. The molecule has 7 nitrogen and oxygen atoms in total. The van der Waals surface area contributed by atoms with Crippen LogP contribution in [0.25, 0.3) is 0 Å². The van der Waals surface area contributed by atoms with E-state index in [1.165, 1.54) is 7.11 Å². The number of benzene rings is 2. The number of hydrogen-bond acceptors (Lipinski definition) is 5.